The van der Waals surface area contributed by atoms with E-state index in [-0.39, 0.29) is 6.10 Å². The van der Waals surface area contributed by atoms with Crippen LogP contribution in [0.1, 0.15) is 44.9 Å². The van der Waals surface area contributed by atoms with Gasteiger partial charge < -0.3 is 5.11 Å². The van der Waals surface area contributed by atoms with Gasteiger partial charge in [-0.05, 0) is 55.8 Å². The van der Waals surface area contributed by atoms with Crippen molar-refractivity contribution in [3.05, 3.63) is 0 Å². The van der Waals surface area contributed by atoms with Crippen molar-refractivity contribution in [1.29, 1.82) is 0 Å². The predicted molar refractivity (Wildman–Crippen MR) is 52.3 cm³/mol. The predicted octanol–water partition coefficient (Wildman–Crippen LogP) is 2.58. The molecule has 0 heterocycles. The molecule has 3 aliphatic carbocycles. The van der Waals surface area contributed by atoms with Crippen molar-refractivity contribution in [2.24, 2.45) is 23.7 Å². The molecule has 0 radical (unpaired) electrons. The Bertz CT molecular complexity index is 197. The van der Waals surface area contributed by atoms with Crippen LogP contribution in [-0.4, -0.2) is 11.2 Å². The summed E-state index contributed by atoms with van der Waals surface area (Å²) in [4.78, 5) is 0. The van der Waals surface area contributed by atoms with Crippen LogP contribution >= 0.6 is 0 Å². The number of aliphatic hydroxyl groups excluding tert-OH is 1. The molecule has 13 heavy (non-hydrogen) atoms. The van der Waals surface area contributed by atoms with Crippen molar-refractivity contribution in [3.8, 4) is 0 Å². The minimum absolute atomic E-state index is 0.0732. The number of fused-ring (bicyclic) bond motifs is 2. The van der Waals surface area contributed by atoms with E-state index < -0.39 is 0 Å². The van der Waals surface area contributed by atoms with E-state index >= 15 is 0 Å². The van der Waals surface area contributed by atoms with E-state index in [0.717, 1.165) is 11.8 Å². The lowest BCUT2D eigenvalue weighted by Gasteiger charge is -2.42. The maximum Gasteiger partial charge on any atom is 0.0599 e. The van der Waals surface area contributed by atoms with Gasteiger partial charge >= 0.3 is 0 Å². The van der Waals surface area contributed by atoms with Gasteiger partial charge in [0.05, 0.1) is 6.10 Å². The van der Waals surface area contributed by atoms with Gasteiger partial charge in [-0.1, -0.05) is 12.8 Å². The van der Waals surface area contributed by atoms with Crippen LogP contribution in [0, 0.1) is 23.7 Å². The average molecular weight is 180 g/mol. The third-order valence-electron chi connectivity index (χ3n) is 4.93. The molecule has 3 aliphatic rings. The first-order valence-corrected chi connectivity index (χ1v) is 6.02. The van der Waals surface area contributed by atoms with Crippen molar-refractivity contribution in [3.63, 3.8) is 0 Å². The minimum Gasteiger partial charge on any atom is -0.393 e. The average Bonchev–Trinajstić information content (AvgIpc) is 2.29. The molecular formula is C12H20O. The monoisotopic (exact) mass is 180 g/mol. The highest BCUT2D eigenvalue weighted by atomic mass is 16.3. The molecule has 0 spiro atoms. The summed E-state index contributed by atoms with van der Waals surface area (Å²) in [6.45, 7) is 0. The van der Waals surface area contributed by atoms with Gasteiger partial charge in [0.15, 0.2) is 0 Å². The first-order chi connectivity index (χ1) is 6.34. The second-order valence-corrected chi connectivity index (χ2v) is 5.51. The van der Waals surface area contributed by atoms with E-state index in [1.165, 1.54) is 44.9 Å². The Morgan fingerprint density at radius 3 is 2.23 bits per heavy atom. The van der Waals surface area contributed by atoms with E-state index in [2.05, 4.69) is 0 Å². The topological polar surface area (TPSA) is 20.2 Å². The Balaban J connectivity index is 1.90. The summed E-state index contributed by atoms with van der Waals surface area (Å²) in [5.74, 6) is 3.23. The van der Waals surface area contributed by atoms with Gasteiger partial charge in [-0.3, -0.25) is 0 Å². The summed E-state index contributed by atoms with van der Waals surface area (Å²) in [6.07, 6.45) is 9.75. The molecule has 1 nitrogen and oxygen atoms in total. The van der Waals surface area contributed by atoms with Gasteiger partial charge in [0.1, 0.15) is 0 Å². The summed E-state index contributed by atoms with van der Waals surface area (Å²) in [5.41, 5.74) is 0. The smallest absolute Gasteiger partial charge is 0.0599 e. The van der Waals surface area contributed by atoms with Crippen molar-refractivity contribution in [1.82, 2.24) is 0 Å². The molecule has 5 atom stereocenters. The fraction of sp³-hybridized carbons (Fsp3) is 1.00. The molecule has 0 aromatic rings. The minimum atomic E-state index is 0.0732. The fourth-order valence-corrected chi connectivity index (χ4v) is 4.11. The molecule has 1 heteroatoms. The van der Waals surface area contributed by atoms with Crippen molar-refractivity contribution >= 4 is 0 Å². The second kappa shape index (κ2) is 2.98. The zero-order valence-electron chi connectivity index (χ0n) is 8.28. The Morgan fingerprint density at radius 1 is 0.769 bits per heavy atom. The lowest BCUT2D eigenvalue weighted by atomic mass is 9.66. The quantitative estimate of drug-likeness (QED) is 0.607. The third-order valence-corrected chi connectivity index (χ3v) is 4.93. The molecular weight excluding hydrogens is 160 g/mol. The van der Waals surface area contributed by atoms with Crippen LogP contribution in [0.15, 0.2) is 0 Å². The SMILES string of the molecule is OC1C2CCC3CCC(CC2)C1C3. The molecule has 3 fully saturated rings. The summed E-state index contributed by atoms with van der Waals surface area (Å²) in [7, 11) is 0. The van der Waals surface area contributed by atoms with Crippen LogP contribution in [0.5, 0.6) is 0 Å². The number of hydrogen-bond acceptors (Lipinski definition) is 1. The largest absolute Gasteiger partial charge is 0.393 e. The molecule has 0 aliphatic heterocycles. The molecule has 3 saturated carbocycles. The van der Waals surface area contributed by atoms with Crippen molar-refractivity contribution in [2.75, 3.05) is 0 Å². The molecule has 0 aromatic heterocycles. The van der Waals surface area contributed by atoms with Crippen molar-refractivity contribution < 1.29 is 5.11 Å². The summed E-state index contributed by atoms with van der Waals surface area (Å²) in [6, 6.07) is 0. The van der Waals surface area contributed by atoms with Crippen LogP contribution in [0.4, 0.5) is 0 Å². The van der Waals surface area contributed by atoms with Gasteiger partial charge in [-0.15, -0.1) is 0 Å². The Labute approximate surface area is 80.5 Å². The van der Waals surface area contributed by atoms with Crippen LogP contribution in [0.2, 0.25) is 0 Å². The zero-order valence-corrected chi connectivity index (χ0v) is 8.28. The Hall–Kier alpha value is -0.0400. The highest BCUT2D eigenvalue weighted by Gasteiger charge is 2.43. The summed E-state index contributed by atoms with van der Waals surface area (Å²) in [5, 5.41) is 10.2. The Kier molecular flexibility index (Phi) is 1.90. The maximum absolute atomic E-state index is 10.2. The van der Waals surface area contributed by atoms with E-state index in [1.54, 1.807) is 0 Å². The van der Waals surface area contributed by atoms with E-state index in [1.807, 2.05) is 0 Å². The highest BCUT2D eigenvalue weighted by Crippen LogP contribution is 2.50. The molecule has 0 amide bonds. The summed E-state index contributed by atoms with van der Waals surface area (Å²) < 4.78 is 0. The number of aliphatic hydroxyl groups is 1. The maximum atomic E-state index is 10.2. The molecule has 5 unspecified atom stereocenters. The van der Waals surface area contributed by atoms with Crippen LogP contribution in [-0.2, 0) is 0 Å². The number of rotatable bonds is 0. The van der Waals surface area contributed by atoms with E-state index in [0.29, 0.717) is 11.8 Å². The second-order valence-electron chi connectivity index (χ2n) is 5.51. The molecule has 3 rings (SSSR count). The zero-order chi connectivity index (χ0) is 8.84. The number of hydrogen-bond donors (Lipinski definition) is 1. The van der Waals surface area contributed by atoms with E-state index in [4.69, 9.17) is 0 Å². The third kappa shape index (κ3) is 1.24. The molecule has 74 valence electrons. The molecule has 0 saturated heterocycles. The lowest BCUT2D eigenvalue weighted by Crippen LogP contribution is -2.39. The summed E-state index contributed by atoms with van der Waals surface area (Å²) >= 11 is 0. The normalized spacial score (nSPS) is 54.7. The van der Waals surface area contributed by atoms with Crippen molar-refractivity contribution in [2.45, 2.75) is 51.0 Å². The standard InChI is InChI=1S/C12H20O/c13-12-10-4-2-8-1-3-9(5-6-10)11(12)7-8/h8-13H,1-7H2. The van der Waals surface area contributed by atoms with Crippen LogP contribution < -0.4 is 0 Å². The fourth-order valence-electron chi connectivity index (χ4n) is 4.11. The van der Waals surface area contributed by atoms with Crippen LogP contribution in [0.3, 0.4) is 0 Å². The van der Waals surface area contributed by atoms with Gasteiger partial charge in [0.2, 0.25) is 0 Å². The van der Waals surface area contributed by atoms with Gasteiger partial charge in [-0.2, -0.15) is 0 Å². The van der Waals surface area contributed by atoms with Crippen LogP contribution in [0.25, 0.3) is 0 Å². The Morgan fingerprint density at radius 2 is 1.38 bits per heavy atom. The van der Waals surface area contributed by atoms with Gasteiger partial charge in [-0.25, -0.2) is 0 Å². The van der Waals surface area contributed by atoms with Gasteiger partial charge in [0, 0.05) is 0 Å². The highest BCUT2D eigenvalue weighted by molar-refractivity contribution is 4.94. The van der Waals surface area contributed by atoms with Gasteiger partial charge in [0.25, 0.3) is 0 Å². The lowest BCUT2D eigenvalue weighted by molar-refractivity contribution is -0.0271. The first-order valence-electron chi connectivity index (χ1n) is 6.02. The molecule has 1 N–H and O–H groups in total. The first kappa shape index (κ1) is 8.28. The molecule has 3 bridgehead atoms. The molecule has 0 aromatic carbocycles. The van der Waals surface area contributed by atoms with E-state index in [9.17, 15) is 5.11 Å².